The van der Waals surface area contributed by atoms with Gasteiger partial charge in [0, 0.05) is 6.54 Å². The first-order chi connectivity index (χ1) is 8.56. The van der Waals surface area contributed by atoms with Crippen molar-refractivity contribution in [2.24, 2.45) is 11.8 Å². The largest absolute Gasteiger partial charge is 0.479 e. The molecule has 0 aromatic carbocycles. The number of carbonyl (C=O) groups is 2. The highest BCUT2D eigenvalue weighted by atomic mass is 16.5. The topological polar surface area (TPSA) is 75.6 Å². The van der Waals surface area contributed by atoms with E-state index in [1.807, 2.05) is 0 Å². The van der Waals surface area contributed by atoms with E-state index in [1.54, 1.807) is 0 Å². The van der Waals surface area contributed by atoms with E-state index in [4.69, 9.17) is 9.84 Å². The van der Waals surface area contributed by atoms with Crippen molar-refractivity contribution in [1.82, 2.24) is 5.32 Å². The van der Waals surface area contributed by atoms with Gasteiger partial charge in [-0.2, -0.15) is 0 Å². The fourth-order valence-electron chi connectivity index (χ4n) is 2.88. The average molecular weight is 255 g/mol. The molecule has 18 heavy (non-hydrogen) atoms. The Balaban J connectivity index is 1.71. The second-order valence-electron chi connectivity index (χ2n) is 5.56. The molecule has 0 spiro atoms. The lowest BCUT2D eigenvalue weighted by Crippen LogP contribution is -2.37. The third-order valence-electron chi connectivity index (χ3n) is 3.96. The fraction of sp³-hybridized carbons (Fsp3) is 0.846. The van der Waals surface area contributed by atoms with Gasteiger partial charge in [0.1, 0.15) is 6.10 Å². The Morgan fingerprint density at radius 1 is 1.22 bits per heavy atom. The van der Waals surface area contributed by atoms with Gasteiger partial charge >= 0.3 is 5.97 Å². The van der Waals surface area contributed by atoms with Crippen molar-refractivity contribution >= 4 is 11.9 Å². The number of hydrogen-bond donors (Lipinski definition) is 2. The van der Waals surface area contributed by atoms with Gasteiger partial charge in [0.05, 0.1) is 0 Å². The molecule has 1 saturated heterocycles. The van der Waals surface area contributed by atoms with Gasteiger partial charge in [-0.15, -0.1) is 0 Å². The zero-order valence-corrected chi connectivity index (χ0v) is 10.7. The van der Waals surface area contributed by atoms with E-state index in [-0.39, 0.29) is 5.91 Å². The lowest BCUT2D eigenvalue weighted by Gasteiger charge is -2.14. The lowest BCUT2D eigenvalue weighted by atomic mass is 10.1. The zero-order chi connectivity index (χ0) is 13.1. The van der Waals surface area contributed by atoms with Gasteiger partial charge in [0.25, 0.3) is 0 Å². The van der Waals surface area contributed by atoms with E-state index in [2.05, 4.69) is 12.2 Å². The van der Waals surface area contributed by atoms with Gasteiger partial charge in [-0.1, -0.05) is 13.3 Å². The molecule has 5 heteroatoms. The van der Waals surface area contributed by atoms with Crippen molar-refractivity contribution < 1.29 is 19.4 Å². The van der Waals surface area contributed by atoms with Crippen molar-refractivity contribution in [1.29, 1.82) is 0 Å². The molecule has 2 rings (SSSR count). The Kier molecular flexibility index (Phi) is 4.22. The summed E-state index contributed by atoms with van der Waals surface area (Å²) in [6.07, 6.45) is 3.12. The minimum absolute atomic E-state index is 0.154. The molecule has 2 N–H and O–H groups in total. The quantitative estimate of drug-likeness (QED) is 0.790. The highest BCUT2D eigenvalue weighted by molar-refractivity contribution is 5.82. The molecule has 1 amide bonds. The Labute approximate surface area is 107 Å². The summed E-state index contributed by atoms with van der Waals surface area (Å²) in [5.41, 5.74) is 0. The molecule has 2 fully saturated rings. The van der Waals surface area contributed by atoms with E-state index in [1.165, 1.54) is 19.3 Å². The van der Waals surface area contributed by atoms with Crippen LogP contribution in [0.25, 0.3) is 0 Å². The van der Waals surface area contributed by atoms with Crippen LogP contribution in [-0.2, 0) is 14.3 Å². The number of carboxylic acids is 1. The summed E-state index contributed by atoms with van der Waals surface area (Å²) in [7, 11) is 0. The van der Waals surface area contributed by atoms with Gasteiger partial charge in [-0.3, -0.25) is 4.79 Å². The molecule has 2 unspecified atom stereocenters. The molecule has 102 valence electrons. The maximum absolute atomic E-state index is 11.8. The first-order valence-corrected chi connectivity index (χ1v) is 6.72. The number of carboxylic acid groups (broad SMARTS) is 1. The molecule has 2 aliphatic rings. The molecule has 5 nitrogen and oxygen atoms in total. The maximum atomic E-state index is 11.8. The van der Waals surface area contributed by atoms with E-state index in [0.29, 0.717) is 25.3 Å². The van der Waals surface area contributed by atoms with Crippen LogP contribution in [0.4, 0.5) is 0 Å². The first-order valence-electron chi connectivity index (χ1n) is 6.72. The number of carbonyl (C=O) groups excluding carboxylic acids is 1. The van der Waals surface area contributed by atoms with Gasteiger partial charge in [-0.25, -0.2) is 4.79 Å². The summed E-state index contributed by atoms with van der Waals surface area (Å²) in [5, 5.41) is 11.7. The van der Waals surface area contributed by atoms with Crippen LogP contribution in [0.15, 0.2) is 0 Å². The van der Waals surface area contributed by atoms with Crippen molar-refractivity contribution in [3.05, 3.63) is 0 Å². The van der Waals surface area contributed by atoms with Crippen molar-refractivity contribution in [3.8, 4) is 0 Å². The second kappa shape index (κ2) is 5.69. The molecule has 1 heterocycles. The Morgan fingerprint density at radius 3 is 2.50 bits per heavy atom. The number of ether oxygens (including phenoxy) is 1. The maximum Gasteiger partial charge on any atom is 0.332 e. The summed E-state index contributed by atoms with van der Waals surface area (Å²) in [6, 6.07) is 0. The van der Waals surface area contributed by atoms with Crippen molar-refractivity contribution in [2.45, 2.75) is 51.2 Å². The van der Waals surface area contributed by atoms with E-state index >= 15 is 0 Å². The van der Waals surface area contributed by atoms with Gasteiger partial charge in [0.15, 0.2) is 6.10 Å². The SMILES string of the molecule is CC1CCC(CNC(=O)[C@@H]2CC[C@H](C(=O)O)O2)C1. The third-order valence-corrected chi connectivity index (χ3v) is 3.96. The first kappa shape index (κ1) is 13.3. The predicted octanol–water partition coefficient (Wildman–Crippen LogP) is 1.17. The van der Waals surface area contributed by atoms with Crippen LogP contribution in [0, 0.1) is 11.8 Å². The highest BCUT2D eigenvalue weighted by Crippen LogP contribution is 2.29. The van der Waals surface area contributed by atoms with Gasteiger partial charge < -0.3 is 15.2 Å². The zero-order valence-electron chi connectivity index (χ0n) is 10.7. The summed E-state index contributed by atoms with van der Waals surface area (Å²) in [4.78, 5) is 22.5. The molecule has 0 radical (unpaired) electrons. The molecule has 0 bridgehead atoms. The minimum atomic E-state index is -0.977. The summed E-state index contributed by atoms with van der Waals surface area (Å²) in [5.74, 6) is 0.194. The van der Waals surface area contributed by atoms with E-state index in [9.17, 15) is 9.59 Å². The molecular weight excluding hydrogens is 234 g/mol. The van der Waals surface area contributed by atoms with E-state index < -0.39 is 18.2 Å². The molecule has 1 saturated carbocycles. The Bertz CT molecular complexity index is 331. The average Bonchev–Trinajstić information content (AvgIpc) is 2.94. The summed E-state index contributed by atoms with van der Waals surface area (Å²) < 4.78 is 5.21. The normalized spacial score (nSPS) is 35.6. The highest BCUT2D eigenvalue weighted by Gasteiger charge is 2.34. The van der Waals surface area contributed by atoms with Crippen LogP contribution in [-0.4, -0.2) is 35.7 Å². The predicted molar refractivity (Wildman–Crippen MR) is 65.0 cm³/mol. The van der Waals surface area contributed by atoms with Crippen molar-refractivity contribution in [2.75, 3.05) is 6.54 Å². The summed E-state index contributed by atoms with van der Waals surface area (Å²) in [6.45, 7) is 2.93. The Morgan fingerprint density at radius 2 is 1.94 bits per heavy atom. The standard InChI is InChI=1S/C13H21NO4/c1-8-2-3-9(6-8)7-14-12(15)10-4-5-11(18-10)13(16)17/h8-11H,2-7H2,1H3,(H,14,15)(H,16,17)/t8?,9?,10-,11+/m0/s1. The number of hydrogen-bond acceptors (Lipinski definition) is 3. The van der Waals surface area contributed by atoms with Crippen LogP contribution >= 0.6 is 0 Å². The molecular formula is C13H21NO4. The fourth-order valence-corrected chi connectivity index (χ4v) is 2.88. The number of aliphatic carboxylic acids is 1. The van der Waals surface area contributed by atoms with Gasteiger partial charge in [0.2, 0.25) is 5.91 Å². The van der Waals surface area contributed by atoms with Crippen LogP contribution in [0.1, 0.15) is 39.0 Å². The molecule has 0 aromatic heterocycles. The van der Waals surface area contributed by atoms with Crippen LogP contribution < -0.4 is 5.32 Å². The lowest BCUT2D eigenvalue weighted by molar-refractivity contribution is -0.151. The number of rotatable bonds is 4. The van der Waals surface area contributed by atoms with Crippen LogP contribution in [0.2, 0.25) is 0 Å². The molecule has 4 atom stereocenters. The number of amides is 1. The second-order valence-corrected chi connectivity index (χ2v) is 5.56. The number of nitrogens with one attached hydrogen (secondary N) is 1. The molecule has 1 aliphatic carbocycles. The van der Waals surface area contributed by atoms with E-state index in [0.717, 1.165) is 5.92 Å². The summed E-state index contributed by atoms with van der Waals surface area (Å²) >= 11 is 0. The monoisotopic (exact) mass is 255 g/mol. The third kappa shape index (κ3) is 3.22. The minimum Gasteiger partial charge on any atom is -0.479 e. The Hall–Kier alpha value is -1.10. The smallest absolute Gasteiger partial charge is 0.332 e. The molecule has 1 aliphatic heterocycles. The van der Waals surface area contributed by atoms with Gasteiger partial charge in [-0.05, 0) is 37.5 Å². The van der Waals surface area contributed by atoms with Crippen molar-refractivity contribution in [3.63, 3.8) is 0 Å². The molecule has 0 aromatic rings. The van der Waals surface area contributed by atoms with Crippen LogP contribution in [0.5, 0.6) is 0 Å². The van der Waals surface area contributed by atoms with Crippen LogP contribution in [0.3, 0.4) is 0 Å².